The molecule has 2 atom stereocenters. The Bertz CT molecular complexity index is 650. The first-order valence-electron chi connectivity index (χ1n) is 8.06. The Balaban J connectivity index is 1.82. The van der Waals surface area contributed by atoms with Crippen LogP contribution in [0.5, 0.6) is 0 Å². The van der Waals surface area contributed by atoms with Gasteiger partial charge >= 0.3 is 6.03 Å². The molecule has 4 amide bonds. The third-order valence-electron chi connectivity index (χ3n) is 4.22. The number of carbonyl (C=O) groups excluding carboxylic acids is 3. The van der Waals surface area contributed by atoms with Crippen molar-refractivity contribution in [3.05, 3.63) is 35.4 Å². The van der Waals surface area contributed by atoms with Crippen molar-refractivity contribution in [2.75, 3.05) is 19.6 Å². The summed E-state index contributed by atoms with van der Waals surface area (Å²) < 4.78 is 5.67. The standard InChI is InChI=1S/C17H21N3O4/c1-11-8-19(9-12(2)24-11)16(22)14-6-4-3-5-13(14)10-20-15(21)7-18-17(20)23/h3-6,11-12H,7-10H2,1-2H3,(H,18,23). The Morgan fingerprint density at radius 1 is 1.21 bits per heavy atom. The van der Waals surface area contributed by atoms with Crippen molar-refractivity contribution < 1.29 is 19.1 Å². The molecule has 7 nitrogen and oxygen atoms in total. The van der Waals surface area contributed by atoms with E-state index in [1.807, 2.05) is 13.8 Å². The molecule has 0 aliphatic carbocycles. The number of nitrogens with one attached hydrogen (secondary N) is 1. The van der Waals surface area contributed by atoms with Crippen LogP contribution >= 0.6 is 0 Å². The number of ether oxygens (including phenoxy) is 1. The molecule has 1 aromatic rings. The molecule has 2 heterocycles. The van der Waals surface area contributed by atoms with Gasteiger partial charge in [-0.2, -0.15) is 0 Å². The molecule has 2 aliphatic heterocycles. The summed E-state index contributed by atoms with van der Waals surface area (Å²) in [5.74, 6) is -0.379. The van der Waals surface area contributed by atoms with E-state index >= 15 is 0 Å². The fourth-order valence-electron chi connectivity index (χ4n) is 3.17. The third-order valence-corrected chi connectivity index (χ3v) is 4.22. The van der Waals surface area contributed by atoms with Crippen LogP contribution in [0.15, 0.2) is 24.3 Å². The van der Waals surface area contributed by atoms with Gasteiger partial charge in [0.25, 0.3) is 5.91 Å². The first-order valence-corrected chi connectivity index (χ1v) is 8.06. The van der Waals surface area contributed by atoms with Gasteiger partial charge in [-0.15, -0.1) is 0 Å². The molecule has 128 valence electrons. The van der Waals surface area contributed by atoms with Crippen LogP contribution in [0, 0.1) is 0 Å². The summed E-state index contributed by atoms with van der Waals surface area (Å²) in [4.78, 5) is 39.3. The van der Waals surface area contributed by atoms with Crippen LogP contribution in [0.4, 0.5) is 4.79 Å². The molecule has 0 spiro atoms. The Morgan fingerprint density at radius 2 is 1.88 bits per heavy atom. The van der Waals surface area contributed by atoms with Crippen LogP contribution in [0.2, 0.25) is 0 Å². The van der Waals surface area contributed by atoms with Crippen molar-refractivity contribution >= 4 is 17.8 Å². The second-order valence-electron chi connectivity index (χ2n) is 6.26. The molecule has 1 aromatic carbocycles. The van der Waals surface area contributed by atoms with Crippen LogP contribution in [-0.4, -0.2) is 59.5 Å². The van der Waals surface area contributed by atoms with Gasteiger partial charge < -0.3 is 15.0 Å². The lowest BCUT2D eigenvalue weighted by atomic mass is 10.0. The van der Waals surface area contributed by atoms with Gasteiger partial charge in [-0.25, -0.2) is 4.79 Å². The minimum Gasteiger partial charge on any atom is -0.372 e. The van der Waals surface area contributed by atoms with Gasteiger partial charge in [0.05, 0.1) is 25.3 Å². The average molecular weight is 331 g/mol. The van der Waals surface area contributed by atoms with E-state index in [1.165, 1.54) is 0 Å². The van der Waals surface area contributed by atoms with Crippen molar-refractivity contribution in [3.8, 4) is 0 Å². The first kappa shape index (κ1) is 16.4. The molecule has 2 saturated heterocycles. The SMILES string of the molecule is CC1CN(C(=O)c2ccccc2CN2C(=O)CNC2=O)CC(C)O1. The number of benzene rings is 1. The Morgan fingerprint density at radius 3 is 2.50 bits per heavy atom. The van der Waals surface area contributed by atoms with E-state index in [4.69, 9.17) is 4.74 Å². The number of amides is 4. The van der Waals surface area contributed by atoms with Crippen molar-refractivity contribution in [2.24, 2.45) is 0 Å². The zero-order valence-corrected chi connectivity index (χ0v) is 13.8. The summed E-state index contributed by atoms with van der Waals surface area (Å²) in [6.07, 6.45) is -0.0356. The Kier molecular flexibility index (Phi) is 4.53. The predicted molar refractivity (Wildman–Crippen MR) is 86.3 cm³/mol. The number of urea groups is 1. The summed E-state index contributed by atoms with van der Waals surface area (Å²) >= 11 is 0. The van der Waals surface area contributed by atoms with Crippen molar-refractivity contribution in [1.82, 2.24) is 15.1 Å². The van der Waals surface area contributed by atoms with Gasteiger partial charge in [0.15, 0.2) is 0 Å². The van der Waals surface area contributed by atoms with Crippen LogP contribution < -0.4 is 5.32 Å². The van der Waals surface area contributed by atoms with Gasteiger partial charge in [-0.3, -0.25) is 14.5 Å². The van der Waals surface area contributed by atoms with Gasteiger partial charge in [-0.05, 0) is 25.5 Å². The normalized spacial score (nSPS) is 24.2. The second kappa shape index (κ2) is 6.60. The summed E-state index contributed by atoms with van der Waals surface area (Å²) in [6, 6.07) is 6.68. The zero-order chi connectivity index (χ0) is 17.3. The number of nitrogens with zero attached hydrogens (tertiary/aromatic N) is 2. The minimum atomic E-state index is -0.420. The van der Waals surface area contributed by atoms with E-state index in [9.17, 15) is 14.4 Å². The monoisotopic (exact) mass is 331 g/mol. The van der Waals surface area contributed by atoms with Crippen LogP contribution in [-0.2, 0) is 16.1 Å². The molecule has 2 fully saturated rings. The minimum absolute atomic E-state index is 0.00738. The van der Waals surface area contributed by atoms with Gasteiger partial charge in [-0.1, -0.05) is 18.2 Å². The molecule has 3 rings (SSSR count). The Hall–Kier alpha value is -2.41. The van der Waals surface area contributed by atoms with E-state index in [0.717, 1.165) is 4.90 Å². The molecule has 1 N–H and O–H groups in total. The predicted octanol–water partition coefficient (Wildman–Crippen LogP) is 0.988. The number of hydrogen-bond donors (Lipinski definition) is 1. The maximum atomic E-state index is 12.9. The highest BCUT2D eigenvalue weighted by molar-refractivity contribution is 6.02. The number of morpholine rings is 1. The van der Waals surface area contributed by atoms with Crippen molar-refractivity contribution in [2.45, 2.75) is 32.6 Å². The molecule has 0 aromatic heterocycles. The highest BCUT2D eigenvalue weighted by atomic mass is 16.5. The zero-order valence-electron chi connectivity index (χ0n) is 13.8. The Labute approximate surface area is 140 Å². The van der Waals surface area contributed by atoms with Crippen LogP contribution in [0.3, 0.4) is 0 Å². The lowest BCUT2D eigenvalue weighted by molar-refractivity contribution is -0.125. The van der Waals surface area contributed by atoms with E-state index in [2.05, 4.69) is 5.32 Å². The van der Waals surface area contributed by atoms with Gasteiger partial charge in [0.2, 0.25) is 5.91 Å². The highest BCUT2D eigenvalue weighted by Crippen LogP contribution is 2.19. The maximum Gasteiger partial charge on any atom is 0.324 e. The van der Waals surface area contributed by atoms with Crippen molar-refractivity contribution in [3.63, 3.8) is 0 Å². The lowest BCUT2D eigenvalue weighted by Crippen LogP contribution is -2.48. The summed E-state index contributed by atoms with van der Waals surface area (Å²) in [7, 11) is 0. The van der Waals surface area contributed by atoms with Crippen LogP contribution in [0.1, 0.15) is 29.8 Å². The third kappa shape index (κ3) is 3.26. The molecule has 0 radical (unpaired) electrons. The fraction of sp³-hybridized carbons (Fsp3) is 0.471. The smallest absolute Gasteiger partial charge is 0.324 e. The molecule has 0 saturated carbocycles. The molecule has 7 heteroatoms. The first-order chi connectivity index (χ1) is 11.5. The summed E-state index contributed by atoms with van der Waals surface area (Å²) in [5.41, 5.74) is 1.19. The van der Waals surface area contributed by atoms with Gasteiger partial charge in [0, 0.05) is 18.7 Å². The molecule has 24 heavy (non-hydrogen) atoms. The average Bonchev–Trinajstić information content (AvgIpc) is 2.86. The molecule has 2 aliphatic rings. The fourth-order valence-corrected chi connectivity index (χ4v) is 3.17. The topological polar surface area (TPSA) is 79.0 Å². The van der Waals surface area contributed by atoms with E-state index < -0.39 is 6.03 Å². The highest BCUT2D eigenvalue weighted by Gasteiger charge is 2.31. The van der Waals surface area contributed by atoms with E-state index in [0.29, 0.717) is 24.2 Å². The number of rotatable bonds is 3. The summed E-state index contributed by atoms with van der Waals surface area (Å²) in [5, 5.41) is 2.49. The molecular formula is C17H21N3O4. The number of hydrogen-bond acceptors (Lipinski definition) is 4. The van der Waals surface area contributed by atoms with E-state index in [1.54, 1.807) is 29.2 Å². The molecular weight excluding hydrogens is 310 g/mol. The second-order valence-corrected chi connectivity index (χ2v) is 6.26. The van der Waals surface area contributed by atoms with Crippen LogP contribution in [0.25, 0.3) is 0 Å². The maximum absolute atomic E-state index is 12.9. The molecule has 2 unspecified atom stereocenters. The number of imide groups is 1. The summed E-state index contributed by atoms with van der Waals surface area (Å²) in [6.45, 7) is 5.04. The van der Waals surface area contributed by atoms with Crippen molar-refractivity contribution in [1.29, 1.82) is 0 Å². The molecule has 0 bridgehead atoms. The largest absolute Gasteiger partial charge is 0.372 e. The number of carbonyl (C=O) groups is 3. The van der Waals surface area contributed by atoms with E-state index in [-0.39, 0.29) is 37.1 Å². The lowest BCUT2D eigenvalue weighted by Gasteiger charge is -2.35. The quantitative estimate of drug-likeness (QED) is 0.838. The van der Waals surface area contributed by atoms with Gasteiger partial charge in [0.1, 0.15) is 0 Å².